The molecular formula is C22H30ClN3O3. The van der Waals surface area contributed by atoms with E-state index in [0.29, 0.717) is 31.2 Å². The van der Waals surface area contributed by atoms with Crippen molar-refractivity contribution in [3.63, 3.8) is 0 Å². The van der Waals surface area contributed by atoms with Gasteiger partial charge in [0.1, 0.15) is 0 Å². The van der Waals surface area contributed by atoms with Gasteiger partial charge < -0.3 is 15.1 Å². The van der Waals surface area contributed by atoms with E-state index in [1.54, 1.807) is 0 Å². The van der Waals surface area contributed by atoms with Crippen LogP contribution in [0.5, 0.6) is 0 Å². The molecule has 1 N–H and O–H groups in total. The molecule has 0 aromatic heterocycles. The topological polar surface area (TPSA) is 69.7 Å². The predicted molar refractivity (Wildman–Crippen MR) is 113 cm³/mol. The minimum atomic E-state index is -0.581. The van der Waals surface area contributed by atoms with Gasteiger partial charge in [0.25, 0.3) is 0 Å². The van der Waals surface area contributed by atoms with Gasteiger partial charge in [-0.05, 0) is 44.4 Å². The summed E-state index contributed by atoms with van der Waals surface area (Å²) in [5.41, 5.74) is 0.453. The molecule has 2 fully saturated rings. The van der Waals surface area contributed by atoms with Crippen LogP contribution in [0, 0.1) is 0 Å². The van der Waals surface area contributed by atoms with Crippen molar-refractivity contribution in [2.24, 2.45) is 0 Å². The van der Waals surface area contributed by atoms with Crippen molar-refractivity contribution in [2.45, 2.75) is 57.4 Å². The number of amides is 3. The number of nitrogens with one attached hydrogen (secondary N) is 1. The Labute approximate surface area is 177 Å². The normalized spacial score (nSPS) is 19.2. The molecule has 7 heteroatoms. The average molecular weight is 420 g/mol. The van der Waals surface area contributed by atoms with Crippen molar-refractivity contribution >= 4 is 29.3 Å². The lowest BCUT2D eigenvalue weighted by Crippen LogP contribution is -2.57. The molecule has 1 aromatic carbocycles. The van der Waals surface area contributed by atoms with Crippen LogP contribution in [0.4, 0.5) is 0 Å². The van der Waals surface area contributed by atoms with Crippen LogP contribution < -0.4 is 5.32 Å². The minimum Gasteiger partial charge on any atom is -0.346 e. The third kappa shape index (κ3) is 4.74. The molecule has 158 valence electrons. The van der Waals surface area contributed by atoms with Gasteiger partial charge in [0.2, 0.25) is 5.91 Å². The quantitative estimate of drug-likeness (QED) is 0.766. The summed E-state index contributed by atoms with van der Waals surface area (Å²) in [5.74, 6) is -0.978. The fourth-order valence-corrected chi connectivity index (χ4v) is 4.64. The number of hydrogen-bond donors (Lipinski definition) is 1. The first kappa shape index (κ1) is 21.6. The summed E-state index contributed by atoms with van der Waals surface area (Å²) in [4.78, 5) is 41.4. The van der Waals surface area contributed by atoms with E-state index in [1.807, 2.05) is 43.0 Å². The first-order valence-corrected chi connectivity index (χ1v) is 10.9. The van der Waals surface area contributed by atoms with E-state index in [4.69, 9.17) is 11.6 Å². The summed E-state index contributed by atoms with van der Waals surface area (Å²) in [5, 5.41) is 3.28. The van der Waals surface area contributed by atoms with E-state index in [-0.39, 0.29) is 11.9 Å². The molecule has 1 aliphatic heterocycles. The van der Waals surface area contributed by atoms with Gasteiger partial charge in [0, 0.05) is 37.2 Å². The number of carbonyl (C=O) groups excluding carboxylic acids is 3. The number of nitrogens with zero attached hydrogens (tertiary/aromatic N) is 2. The Hall–Kier alpha value is -2.08. The summed E-state index contributed by atoms with van der Waals surface area (Å²) >= 11 is 6.23. The summed E-state index contributed by atoms with van der Waals surface area (Å²) in [6, 6.07) is 7.58. The van der Waals surface area contributed by atoms with Gasteiger partial charge in [-0.3, -0.25) is 14.4 Å². The zero-order chi connectivity index (χ0) is 21.0. The largest absolute Gasteiger partial charge is 0.346 e. The molecule has 2 aliphatic rings. The van der Waals surface area contributed by atoms with Gasteiger partial charge >= 0.3 is 11.8 Å². The van der Waals surface area contributed by atoms with Crippen molar-refractivity contribution in [3.8, 4) is 0 Å². The van der Waals surface area contributed by atoms with Crippen LogP contribution in [0.2, 0.25) is 5.02 Å². The van der Waals surface area contributed by atoms with Crippen molar-refractivity contribution in [3.05, 3.63) is 34.9 Å². The molecule has 1 saturated carbocycles. The average Bonchev–Trinajstić information content (AvgIpc) is 2.73. The summed E-state index contributed by atoms with van der Waals surface area (Å²) in [7, 11) is 0. The van der Waals surface area contributed by atoms with Gasteiger partial charge in [-0.15, -0.1) is 0 Å². The summed E-state index contributed by atoms with van der Waals surface area (Å²) in [6.45, 7) is 5.29. The predicted octanol–water partition coefficient (Wildman–Crippen LogP) is 2.74. The third-order valence-electron chi connectivity index (χ3n) is 5.96. The fourth-order valence-electron chi connectivity index (χ4n) is 4.45. The highest BCUT2D eigenvalue weighted by Crippen LogP contribution is 2.42. The van der Waals surface area contributed by atoms with Crippen molar-refractivity contribution < 1.29 is 14.4 Å². The lowest BCUT2D eigenvalue weighted by atomic mass is 9.68. The van der Waals surface area contributed by atoms with E-state index in [0.717, 1.165) is 37.7 Å². The maximum atomic E-state index is 13.6. The van der Waals surface area contributed by atoms with Gasteiger partial charge in [0.05, 0.1) is 5.41 Å². The highest BCUT2D eigenvalue weighted by molar-refractivity contribution is 6.35. The van der Waals surface area contributed by atoms with Crippen LogP contribution in [-0.2, 0) is 19.8 Å². The lowest BCUT2D eigenvalue weighted by molar-refractivity contribution is -0.150. The van der Waals surface area contributed by atoms with Crippen LogP contribution in [0.3, 0.4) is 0 Å². The number of halogens is 1. The molecule has 1 saturated heterocycles. The number of hydrogen-bond acceptors (Lipinski definition) is 3. The van der Waals surface area contributed by atoms with E-state index >= 15 is 0 Å². The Balaban J connectivity index is 1.71. The molecule has 29 heavy (non-hydrogen) atoms. The Kier molecular flexibility index (Phi) is 6.83. The fraction of sp³-hybridized carbons (Fsp3) is 0.591. The number of benzene rings is 1. The van der Waals surface area contributed by atoms with Gasteiger partial charge in [-0.25, -0.2) is 0 Å². The Morgan fingerprint density at radius 1 is 1.00 bits per heavy atom. The number of piperazine rings is 1. The second kappa shape index (κ2) is 9.16. The Bertz CT molecular complexity index is 766. The summed E-state index contributed by atoms with van der Waals surface area (Å²) < 4.78 is 0. The maximum absolute atomic E-state index is 13.6. The van der Waals surface area contributed by atoms with Gasteiger partial charge in [-0.2, -0.15) is 0 Å². The molecular weight excluding hydrogens is 390 g/mol. The monoisotopic (exact) mass is 419 g/mol. The smallest absolute Gasteiger partial charge is 0.312 e. The first-order valence-electron chi connectivity index (χ1n) is 10.5. The second-order valence-electron chi connectivity index (χ2n) is 8.37. The molecule has 0 radical (unpaired) electrons. The Morgan fingerprint density at radius 2 is 1.62 bits per heavy atom. The number of rotatable bonds is 3. The molecule has 3 rings (SSSR count). The molecule has 0 spiro atoms. The van der Waals surface area contributed by atoms with Crippen molar-refractivity contribution in [2.75, 3.05) is 26.2 Å². The van der Waals surface area contributed by atoms with E-state index in [1.165, 1.54) is 4.90 Å². The van der Waals surface area contributed by atoms with Crippen molar-refractivity contribution in [1.82, 2.24) is 15.1 Å². The minimum absolute atomic E-state index is 0.0850. The standard InChI is InChI=1S/C22H30ClN3O3/c1-16(2)24-19(27)20(28)25-11-13-26(14-12-25)21(29)22(9-4-3-5-10-22)17-7-6-8-18(23)15-17/h6-8,15-16H,3-5,9-14H2,1-2H3,(H,24,27). The van der Waals surface area contributed by atoms with Crippen molar-refractivity contribution in [1.29, 1.82) is 0 Å². The van der Waals surface area contributed by atoms with Gasteiger partial charge in [-0.1, -0.05) is 43.0 Å². The highest BCUT2D eigenvalue weighted by atomic mass is 35.5. The van der Waals surface area contributed by atoms with Gasteiger partial charge in [0.15, 0.2) is 0 Å². The van der Waals surface area contributed by atoms with Crippen LogP contribution in [0.25, 0.3) is 0 Å². The van der Waals surface area contributed by atoms with Crippen LogP contribution in [-0.4, -0.2) is 59.7 Å². The number of carbonyl (C=O) groups is 3. The lowest BCUT2D eigenvalue weighted by Gasteiger charge is -2.43. The SMILES string of the molecule is CC(C)NC(=O)C(=O)N1CCN(C(=O)C2(c3cccc(Cl)c3)CCCCC2)CC1. The molecule has 0 unspecified atom stereocenters. The molecule has 1 heterocycles. The van der Waals surface area contributed by atoms with Crippen LogP contribution >= 0.6 is 11.6 Å². The molecule has 1 aromatic rings. The highest BCUT2D eigenvalue weighted by Gasteiger charge is 2.44. The molecule has 0 atom stereocenters. The van der Waals surface area contributed by atoms with Crippen LogP contribution in [0.15, 0.2) is 24.3 Å². The maximum Gasteiger partial charge on any atom is 0.312 e. The third-order valence-corrected chi connectivity index (χ3v) is 6.20. The van der Waals surface area contributed by atoms with E-state index < -0.39 is 17.2 Å². The zero-order valence-corrected chi connectivity index (χ0v) is 18.0. The molecule has 6 nitrogen and oxygen atoms in total. The summed E-state index contributed by atoms with van der Waals surface area (Å²) in [6.07, 6.45) is 4.82. The van der Waals surface area contributed by atoms with E-state index in [9.17, 15) is 14.4 Å². The molecule has 1 aliphatic carbocycles. The van der Waals surface area contributed by atoms with E-state index in [2.05, 4.69) is 5.32 Å². The Morgan fingerprint density at radius 3 is 2.21 bits per heavy atom. The zero-order valence-electron chi connectivity index (χ0n) is 17.2. The second-order valence-corrected chi connectivity index (χ2v) is 8.80. The first-order chi connectivity index (χ1) is 13.8. The molecule has 0 bridgehead atoms. The van der Waals surface area contributed by atoms with Crippen LogP contribution in [0.1, 0.15) is 51.5 Å². The molecule has 3 amide bonds.